The Labute approximate surface area is 169 Å². The summed E-state index contributed by atoms with van der Waals surface area (Å²) >= 11 is 6.50. The summed E-state index contributed by atoms with van der Waals surface area (Å²) in [6, 6.07) is 9.09. The highest BCUT2D eigenvalue weighted by atomic mass is 79.9. The van der Waals surface area contributed by atoms with Crippen LogP contribution in [-0.2, 0) is 0 Å². The van der Waals surface area contributed by atoms with Crippen molar-refractivity contribution in [2.75, 3.05) is 26.7 Å². The predicted molar refractivity (Wildman–Crippen MR) is 112 cm³/mol. The molecule has 0 aliphatic heterocycles. The summed E-state index contributed by atoms with van der Waals surface area (Å²) in [4.78, 5) is 13.2. The fourth-order valence-electron chi connectivity index (χ4n) is 2.40. The zero-order valence-corrected chi connectivity index (χ0v) is 18.0. The largest absolute Gasteiger partial charge is 0.493 e. The summed E-state index contributed by atoms with van der Waals surface area (Å²) in [5.41, 5.74) is 1.64. The molecule has 138 valence electrons. The van der Waals surface area contributed by atoms with Crippen molar-refractivity contribution in [3.8, 4) is 11.5 Å². The van der Waals surface area contributed by atoms with E-state index in [-0.39, 0.29) is 11.6 Å². The number of carbonyl (C=O) groups excluding carboxylic acids is 1. The molecular weight excluding hydrogens is 439 g/mol. The number of carbonyl (C=O) groups is 1. The number of ketones is 1. The van der Waals surface area contributed by atoms with E-state index in [9.17, 15) is 9.18 Å². The highest BCUT2D eigenvalue weighted by Crippen LogP contribution is 2.42. The molecule has 0 aromatic heterocycles. The summed E-state index contributed by atoms with van der Waals surface area (Å²) in [7, 11) is 3.10. The minimum Gasteiger partial charge on any atom is -0.493 e. The Morgan fingerprint density at radius 3 is 2.04 bits per heavy atom. The Balaban J connectivity index is 2.69. The molecule has 0 fully saturated rings. The quantitative estimate of drug-likeness (QED) is 0.383. The summed E-state index contributed by atoms with van der Waals surface area (Å²) in [6.07, 6.45) is 3.83. The van der Waals surface area contributed by atoms with E-state index in [0.29, 0.717) is 32.7 Å². The number of benzene rings is 2. The summed E-state index contributed by atoms with van der Waals surface area (Å²) in [5, 5.41) is 0. The van der Waals surface area contributed by atoms with Crippen LogP contribution >= 0.6 is 39.5 Å². The van der Waals surface area contributed by atoms with Gasteiger partial charge in [0.2, 0.25) is 0 Å². The van der Waals surface area contributed by atoms with Gasteiger partial charge in [-0.15, -0.1) is 23.5 Å². The zero-order valence-electron chi connectivity index (χ0n) is 14.8. The van der Waals surface area contributed by atoms with Crippen LogP contribution in [0.15, 0.2) is 45.1 Å². The number of halogens is 2. The van der Waals surface area contributed by atoms with Gasteiger partial charge in [0.25, 0.3) is 0 Å². The van der Waals surface area contributed by atoms with Crippen molar-refractivity contribution in [1.82, 2.24) is 0 Å². The van der Waals surface area contributed by atoms with Gasteiger partial charge in [-0.3, -0.25) is 4.79 Å². The lowest BCUT2D eigenvalue weighted by molar-refractivity contribution is 0.105. The average molecular weight is 457 g/mol. The first kappa shape index (κ1) is 20.9. The Morgan fingerprint density at radius 1 is 1.00 bits per heavy atom. The smallest absolute Gasteiger partial charge is 0.195 e. The molecule has 0 aliphatic rings. The molecule has 7 heteroatoms. The third kappa shape index (κ3) is 4.45. The van der Waals surface area contributed by atoms with Gasteiger partial charge < -0.3 is 9.47 Å². The number of allylic oxidation sites excluding steroid dienone is 1. The van der Waals surface area contributed by atoms with Gasteiger partial charge in [0.05, 0.1) is 24.0 Å². The number of rotatable bonds is 7. The molecule has 0 saturated heterocycles. The number of ether oxygens (including phenoxy) is 2. The maximum Gasteiger partial charge on any atom is 0.195 e. The van der Waals surface area contributed by atoms with E-state index >= 15 is 0 Å². The van der Waals surface area contributed by atoms with Crippen molar-refractivity contribution in [1.29, 1.82) is 0 Å². The van der Waals surface area contributed by atoms with E-state index in [0.717, 1.165) is 4.24 Å². The van der Waals surface area contributed by atoms with Crippen LogP contribution in [-0.4, -0.2) is 32.5 Å². The molecule has 2 aromatic carbocycles. The van der Waals surface area contributed by atoms with Gasteiger partial charge in [0, 0.05) is 15.6 Å². The third-order valence-electron chi connectivity index (χ3n) is 3.65. The molecule has 0 bridgehead atoms. The Hall–Kier alpha value is -1.44. The molecular formula is C19H18BrFO3S2. The van der Waals surface area contributed by atoms with Crippen molar-refractivity contribution >= 4 is 50.8 Å². The molecule has 0 heterocycles. The van der Waals surface area contributed by atoms with Crippen LogP contribution in [0.1, 0.15) is 15.9 Å². The summed E-state index contributed by atoms with van der Waals surface area (Å²) in [5.74, 6) is 0.522. The molecule has 3 nitrogen and oxygen atoms in total. The SMILES string of the molecule is COc1cc(Br)c(C(C(=O)c2ccc(F)cc2)=C(SC)SC)cc1OC. The van der Waals surface area contributed by atoms with Gasteiger partial charge in [-0.25, -0.2) is 4.39 Å². The van der Waals surface area contributed by atoms with Crippen LogP contribution in [0.25, 0.3) is 5.57 Å². The highest BCUT2D eigenvalue weighted by molar-refractivity contribution is 9.10. The molecule has 0 saturated carbocycles. The van der Waals surface area contributed by atoms with E-state index in [4.69, 9.17) is 9.47 Å². The Morgan fingerprint density at radius 2 is 1.54 bits per heavy atom. The molecule has 26 heavy (non-hydrogen) atoms. The van der Waals surface area contributed by atoms with Gasteiger partial charge in [0.1, 0.15) is 5.82 Å². The van der Waals surface area contributed by atoms with Gasteiger partial charge in [-0.05, 0) is 48.9 Å². The second kappa shape index (κ2) is 9.48. The van der Waals surface area contributed by atoms with Gasteiger partial charge >= 0.3 is 0 Å². The predicted octanol–water partition coefficient (Wildman–Crippen LogP) is 5.88. The Bertz CT molecular complexity index is 829. The van der Waals surface area contributed by atoms with E-state index in [1.165, 1.54) is 47.8 Å². The number of hydrogen-bond donors (Lipinski definition) is 0. The van der Waals surface area contributed by atoms with Crippen molar-refractivity contribution in [3.63, 3.8) is 0 Å². The van der Waals surface area contributed by atoms with Crippen molar-refractivity contribution in [2.45, 2.75) is 0 Å². The maximum absolute atomic E-state index is 13.2. The number of methoxy groups -OCH3 is 2. The number of hydrogen-bond acceptors (Lipinski definition) is 5. The fraction of sp³-hybridized carbons (Fsp3) is 0.211. The van der Waals surface area contributed by atoms with Crippen LogP contribution in [0.5, 0.6) is 11.5 Å². The van der Waals surface area contributed by atoms with Gasteiger partial charge in [-0.2, -0.15) is 0 Å². The minimum absolute atomic E-state index is 0.184. The number of thioether (sulfide) groups is 2. The molecule has 0 amide bonds. The molecule has 0 unspecified atom stereocenters. The van der Waals surface area contributed by atoms with Gasteiger partial charge in [0.15, 0.2) is 17.3 Å². The van der Waals surface area contributed by atoms with Crippen LogP contribution in [0.2, 0.25) is 0 Å². The molecule has 0 aliphatic carbocycles. The van der Waals surface area contributed by atoms with E-state index in [2.05, 4.69) is 15.9 Å². The molecule has 0 spiro atoms. The number of Topliss-reactive ketones (excluding diaryl/α,β-unsaturated/α-hetero) is 1. The van der Waals surface area contributed by atoms with E-state index in [1.807, 2.05) is 12.5 Å². The van der Waals surface area contributed by atoms with Crippen molar-refractivity contribution < 1.29 is 18.7 Å². The van der Waals surface area contributed by atoms with Crippen molar-refractivity contribution in [3.05, 3.63) is 62.1 Å². The normalized spacial score (nSPS) is 10.4. The fourth-order valence-corrected chi connectivity index (χ4v) is 4.40. The average Bonchev–Trinajstić information content (AvgIpc) is 2.66. The molecule has 0 N–H and O–H groups in total. The van der Waals surface area contributed by atoms with Crippen LogP contribution < -0.4 is 9.47 Å². The first-order chi connectivity index (χ1) is 12.5. The summed E-state index contributed by atoms with van der Waals surface area (Å²) < 4.78 is 25.5. The second-order valence-electron chi connectivity index (χ2n) is 5.09. The first-order valence-corrected chi connectivity index (χ1v) is 10.8. The summed E-state index contributed by atoms with van der Waals surface area (Å²) in [6.45, 7) is 0. The molecule has 2 rings (SSSR count). The third-order valence-corrected chi connectivity index (χ3v) is 6.46. The van der Waals surface area contributed by atoms with Crippen molar-refractivity contribution in [2.24, 2.45) is 0 Å². The second-order valence-corrected chi connectivity index (χ2v) is 7.84. The lowest BCUT2D eigenvalue weighted by Crippen LogP contribution is -2.06. The monoisotopic (exact) mass is 456 g/mol. The molecule has 2 aromatic rings. The first-order valence-electron chi connectivity index (χ1n) is 7.51. The van der Waals surface area contributed by atoms with E-state index < -0.39 is 0 Å². The van der Waals surface area contributed by atoms with Gasteiger partial charge in [-0.1, -0.05) is 15.9 Å². The topological polar surface area (TPSA) is 35.5 Å². The van der Waals surface area contributed by atoms with E-state index in [1.54, 1.807) is 26.4 Å². The molecule has 0 atom stereocenters. The zero-order chi connectivity index (χ0) is 19.3. The highest BCUT2D eigenvalue weighted by Gasteiger charge is 2.23. The lowest BCUT2D eigenvalue weighted by atomic mass is 9.97. The maximum atomic E-state index is 13.2. The van der Waals surface area contributed by atoms with Crippen LogP contribution in [0.4, 0.5) is 4.39 Å². The minimum atomic E-state index is -0.380. The van der Waals surface area contributed by atoms with Crippen LogP contribution in [0.3, 0.4) is 0 Å². The lowest BCUT2D eigenvalue weighted by Gasteiger charge is -2.16. The molecule has 0 radical (unpaired) electrons. The standard InChI is InChI=1S/C19H18BrFO3S2/c1-23-15-9-13(14(20)10-16(15)24-2)17(19(25-3)26-4)18(22)11-5-7-12(21)8-6-11/h5-10H,1-4H3. The van der Waals surface area contributed by atoms with Crippen LogP contribution in [0, 0.1) is 5.82 Å². The Kier molecular flexibility index (Phi) is 7.61.